The molecule has 0 atom stereocenters. The zero-order chi connectivity index (χ0) is 16.1. The molecule has 0 radical (unpaired) electrons. The number of carboxylic acids is 1. The van der Waals surface area contributed by atoms with Gasteiger partial charge >= 0.3 is 18.0 Å². The number of hydrogen-bond acceptors (Lipinski definition) is 5. The minimum absolute atomic E-state index is 0.0963. The number of carboxylic acid groups (broad SMARTS) is 1. The van der Waals surface area contributed by atoms with Crippen molar-refractivity contribution in [1.82, 2.24) is 4.90 Å². The maximum Gasteiger partial charge on any atom is 0.411 e. The molecule has 0 saturated heterocycles. The van der Waals surface area contributed by atoms with E-state index >= 15 is 0 Å². The molecule has 7 nitrogen and oxygen atoms in total. The van der Waals surface area contributed by atoms with Crippen LogP contribution >= 0.6 is 0 Å². The molecular formula is C13H23NO6. The summed E-state index contributed by atoms with van der Waals surface area (Å²) < 4.78 is 9.66. The van der Waals surface area contributed by atoms with Gasteiger partial charge in [-0.3, -0.25) is 9.69 Å². The fourth-order valence-corrected chi connectivity index (χ4v) is 1.34. The lowest BCUT2D eigenvalue weighted by Gasteiger charge is -2.36. The lowest BCUT2D eigenvalue weighted by Crippen LogP contribution is -2.54. The molecule has 116 valence electrons. The molecule has 0 aromatic rings. The second-order valence-electron chi connectivity index (χ2n) is 5.82. The van der Waals surface area contributed by atoms with Gasteiger partial charge in [0.05, 0.1) is 13.5 Å². The predicted octanol–water partition coefficient (Wildman–Crippen LogP) is 1.65. The lowest BCUT2D eigenvalue weighted by molar-refractivity contribution is -0.150. The first-order valence-corrected chi connectivity index (χ1v) is 6.22. The summed E-state index contributed by atoms with van der Waals surface area (Å²) >= 11 is 0. The smallest absolute Gasteiger partial charge is 0.411 e. The van der Waals surface area contributed by atoms with Gasteiger partial charge < -0.3 is 14.6 Å². The zero-order valence-corrected chi connectivity index (χ0v) is 12.8. The summed E-state index contributed by atoms with van der Waals surface area (Å²) in [6, 6.07) is 0. The van der Waals surface area contributed by atoms with E-state index in [4.69, 9.17) is 4.74 Å². The number of hydrogen-bond donors (Lipinski definition) is 1. The highest BCUT2D eigenvalue weighted by molar-refractivity contribution is 5.84. The van der Waals surface area contributed by atoms with Crippen LogP contribution in [0, 0.1) is 0 Å². The summed E-state index contributed by atoms with van der Waals surface area (Å²) in [6.07, 6.45) is -0.888. The molecule has 0 unspecified atom stereocenters. The third-order valence-electron chi connectivity index (χ3n) is 2.58. The number of amides is 1. The van der Waals surface area contributed by atoms with E-state index in [9.17, 15) is 19.5 Å². The second kappa shape index (κ2) is 6.58. The van der Waals surface area contributed by atoms with Crippen molar-refractivity contribution in [1.29, 1.82) is 0 Å². The van der Waals surface area contributed by atoms with Crippen molar-refractivity contribution in [2.24, 2.45) is 0 Å². The molecule has 20 heavy (non-hydrogen) atoms. The largest absolute Gasteiger partial charge is 0.480 e. The van der Waals surface area contributed by atoms with E-state index in [-0.39, 0.29) is 13.0 Å². The highest BCUT2D eigenvalue weighted by Gasteiger charge is 2.40. The van der Waals surface area contributed by atoms with Crippen LogP contribution in [0.25, 0.3) is 0 Å². The monoisotopic (exact) mass is 289 g/mol. The number of rotatable bonds is 5. The van der Waals surface area contributed by atoms with E-state index in [0.717, 1.165) is 4.90 Å². The van der Waals surface area contributed by atoms with E-state index in [2.05, 4.69) is 4.74 Å². The molecule has 0 saturated carbocycles. The predicted molar refractivity (Wildman–Crippen MR) is 71.3 cm³/mol. The van der Waals surface area contributed by atoms with Crippen LogP contribution < -0.4 is 0 Å². The molecule has 0 bridgehead atoms. The third-order valence-corrected chi connectivity index (χ3v) is 2.58. The van der Waals surface area contributed by atoms with Crippen molar-refractivity contribution in [3.63, 3.8) is 0 Å². The number of methoxy groups -OCH3 is 1. The number of carbonyl (C=O) groups is 3. The van der Waals surface area contributed by atoms with Gasteiger partial charge in [0.1, 0.15) is 11.1 Å². The van der Waals surface area contributed by atoms with Crippen LogP contribution in [0.15, 0.2) is 0 Å². The topological polar surface area (TPSA) is 93.1 Å². The molecular weight excluding hydrogens is 266 g/mol. The van der Waals surface area contributed by atoms with E-state index < -0.39 is 29.2 Å². The molecule has 0 spiro atoms. The number of esters is 1. The highest BCUT2D eigenvalue weighted by atomic mass is 16.6. The van der Waals surface area contributed by atoms with Gasteiger partial charge in [-0.05, 0) is 34.6 Å². The van der Waals surface area contributed by atoms with Gasteiger partial charge in [0.15, 0.2) is 0 Å². The molecule has 0 aromatic heterocycles. The van der Waals surface area contributed by atoms with Gasteiger partial charge in [-0.25, -0.2) is 9.59 Å². The van der Waals surface area contributed by atoms with Crippen LogP contribution in [0.5, 0.6) is 0 Å². The number of aliphatic carboxylic acids is 1. The molecule has 0 aliphatic heterocycles. The second-order valence-corrected chi connectivity index (χ2v) is 5.82. The SMILES string of the molecule is COC(=O)CCN(C(=O)OC(C)(C)C)C(C)(C)C(=O)O. The van der Waals surface area contributed by atoms with Crippen LogP contribution in [0.1, 0.15) is 41.0 Å². The van der Waals surface area contributed by atoms with Gasteiger partial charge in [-0.1, -0.05) is 0 Å². The Labute approximate surface area is 118 Å². The fraction of sp³-hybridized carbons (Fsp3) is 0.769. The Morgan fingerprint density at radius 1 is 1.10 bits per heavy atom. The average molecular weight is 289 g/mol. The highest BCUT2D eigenvalue weighted by Crippen LogP contribution is 2.20. The van der Waals surface area contributed by atoms with Gasteiger partial charge in [-0.2, -0.15) is 0 Å². The minimum atomic E-state index is -1.49. The molecule has 1 N–H and O–H groups in total. The summed E-state index contributed by atoms with van der Waals surface area (Å²) in [6.45, 7) is 7.68. The molecule has 0 rings (SSSR count). The Morgan fingerprint density at radius 3 is 1.95 bits per heavy atom. The summed E-state index contributed by atoms with van der Waals surface area (Å²) in [5.41, 5.74) is -2.24. The van der Waals surface area contributed by atoms with Crippen molar-refractivity contribution >= 4 is 18.0 Å². The van der Waals surface area contributed by atoms with Crippen LogP contribution in [0.2, 0.25) is 0 Å². The van der Waals surface area contributed by atoms with Crippen molar-refractivity contribution in [3.05, 3.63) is 0 Å². The van der Waals surface area contributed by atoms with Gasteiger partial charge in [-0.15, -0.1) is 0 Å². The first-order chi connectivity index (χ1) is 8.91. The van der Waals surface area contributed by atoms with Crippen LogP contribution in [-0.4, -0.2) is 52.8 Å². The molecule has 0 aliphatic carbocycles. The number of nitrogens with zero attached hydrogens (tertiary/aromatic N) is 1. The molecule has 0 heterocycles. The van der Waals surface area contributed by atoms with E-state index in [1.54, 1.807) is 20.8 Å². The Morgan fingerprint density at radius 2 is 1.60 bits per heavy atom. The zero-order valence-electron chi connectivity index (χ0n) is 12.8. The van der Waals surface area contributed by atoms with Crippen LogP contribution in [-0.2, 0) is 19.1 Å². The Bertz CT molecular complexity index is 383. The summed E-state index contributed by atoms with van der Waals surface area (Å²) in [5.74, 6) is -1.71. The molecule has 1 amide bonds. The van der Waals surface area contributed by atoms with Crippen molar-refractivity contribution in [3.8, 4) is 0 Å². The first kappa shape index (κ1) is 18.2. The van der Waals surface area contributed by atoms with Gasteiger partial charge in [0.2, 0.25) is 0 Å². The maximum atomic E-state index is 12.1. The average Bonchev–Trinajstić information content (AvgIpc) is 2.25. The van der Waals surface area contributed by atoms with Crippen molar-refractivity contribution < 1.29 is 29.0 Å². The Balaban J connectivity index is 5.11. The summed E-state index contributed by atoms with van der Waals surface area (Å²) in [5, 5.41) is 9.22. The van der Waals surface area contributed by atoms with Crippen LogP contribution in [0.4, 0.5) is 4.79 Å². The molecule has 7 heteroatoms. The van der Waals surface area contributed by atoms with Gasteiger partial charge in [0.25, 0.3) is 0 Å². The minimum Gasteiger partial charge on any atom is -0.480 e. The Kier molecular flexibility index (Phi) is 5.99. The summed E-state index contributed by atoms with van der Waals surface area (Å²) in [7, 11) is 1.22. The van der Waals surface area contributed by atoms with Crippen molar-refractivity contribution in [2.45, 2.75) is 52.2 Å². The quantitative estimate of drug-likeness (QED) is 0.773. The van der Waals surface area contributed by atoms with E-state index in [0.29, 0.717) is 0 Å². The van der Waals surface area contributed by atoms with E-state index in [1.807, 2.05) is 0 Å². The van der Waals surface area contributed by atoms with Crippen LogP contribution in [0.3, 0.4) is 0 Å². The standard InChI is InChI=1S/C13H23NO6/c1-12(2,3)20-11(18)14(8-7-9(15)19-6)13(4,5)10(16)17/h7-8H2,1-6H3,(H,16,17). The summed E-state index contributed by atoms with van der Waals surface area (Å²) in [4.78, 5) is 35.6. The fourth-order valence-electron chi connectivity index (χ4n) is 1.34. The van der Waals surface area contributed by atoms with E-state index in [1.165, 1.54) is 21.0 Å². The maximum absolute atomic E-state index is 12.1. The van der Waals surface area contributed by atoms with Gasteiger partial charge in [0, 0.05) is 6.54 Å². The Hall–Kier alpha value is -1.79. The molecule has 0 fully saturated rings. The number of carbonyl (C=O) groups excluding carboxylic acids is 2. The number of ether oxygens (including phenoxy) is 2. The lowest BCUT2D eigenvalue weighted by atomic mass is 10.0. The van der Waals surface area contributed by atoms with Crippen molar-refractivity contribution in [2.75, 3.05) is 13.7 Å². The normalized spacial score (nSPS) is 11.7. The molecule has 0 aromatic carbocycles. The first-order valence-electron chi connectivity index (χ1n) is 6.22. The molecule has 0 aliphatic rings. The third kappa shape index (κ3) is 5.46.